The number of aromatic nitrogens is 2. The molecule has 0 saturated carbocycles. The van der Waals surface area contributed by atoms with Crippen LogP contribution in [-0.2, 0) is 19.9 Å². The number of aryl methyl sites for hydroxylation is 2. The molecule has 0 radical (unpaired) electrons. The molecule has 0 atom stereocenters. The van der Waals surface area contributed by atoms with Crippen LogP contribution in [0, 0.1) is 0 Å². The van der Waals surface area contributed by atoms with E-state index in [1.165, 1.54) is 55.3 Å². The van der Waals surface area contributed by atoms with Crippen molar-refractivity contribution in [2.75, 3.05) is 0 Å². The Morgan fingerprint density at radius 3 is 2.32 bits per heavy atom. The van der Waals surface area contributed by atoms with Gasteiger partial charge in [0.1, 0.15) is 0 Å². The largest absolute Gasteiger partial charge is 0.347 e. The van der Waals surface area contributed by atoms with E-state index in [4.69, 9.17) is 0 Å². The summed E-state index contributed by atoms with van der Waals surface area (Å²) >= 11 is 0. The van der Waals surface area contributed by atoms with Gasteiger partial charge in [-0.1, -0.05) is 86.0 Å². The maximum absolute atomic E-state index is 4.17. The molecule has 7 rings (SSSR count). The highest BCUT2D eigenvalue weighted by Gasteiger charge is 2.24. The van der Waals surface area contributed by atoms with Crippen LogP contribution in [0.3, 0.4) is 0 Å². The summed E-state index contributed by atoms with van der Waals surface area (Å²) in [5.74, 6) is 0. The smallest absolute Gasteiger partial charge is 0.0619 e. The quantitative estimate of drug-likeness (QED) is 0.240. The summed E-state index contributed by atoms with van der Waals surface area (Å²) in [6, 6.07) is 33.0. The lowest BCUT2D eigenvalue weighted by Gasteiger charge is -2.18. The van der Waals surface area contributed by atoms with Crippen LogP contribution in [0.5, 0.6) is 0 Å². The van der Waals surface area contributed by atoms with Crippen LogP contribution in [0.4, 0.5) is 0 Å². The van der Waals surface area contributed by atoms with Crippen molar-refractivity contribution in [3.63, 3.8) is 0 Å². The fourth-order valence-electron chi connectivity index (χ4n) is 6.37. The van der Waals surface area contributed by atoms with E-state index in [-0.39, 0.29) is 0 Å². The van der Waals surface area contributed by atoms with Crippen molar-refractivity contribution in [1.82, 2.24) is 9.13 Å². The van der Waals surface area contributed by atoms with Crippen LogP contribution in [0.25, 0.3) is 61.9 Å². The molecular weight excluding hydrogens is 448 g/mol. The molecule has 0 fully saturated rings. The monoisotopic (exact) mass is 476 g/mol. The molecule has 1 aliphatic rings. The molecule has 178 valence electrons. The van der Waals surface area contributed by atoms with Gasteiger partial charge in [-0.25, -0.2) is 0 Å². The van der Waals surface area contributed by atoms with E-state index >= 15 is 0 Å². The summed E-state index contributed by atoms with van der Waals surface area (Å²) in [7, 11) is 2.21. The first-order valence-electron chi connectivity index (χ1n) is 12.9. The van der Waals surface area contributed by atoms with Gasteiger partial charge in [-0.3, -0.25) is 0 Å². The van der Waals surface area contributed by atoms with Crippen molar-refractivity contribution in [1.29, 1.82) is 0 Å². The Kier molecular flexibility index (Phi) is 4.84. The minimum absolute atomic E-state index is 1.07. The highest BCUT2D eigenvalue weighted by atomic mass is 15.0. The van der Waals surface area contributed by atoms with Gasteiger partial charge in [-0.15, -0.1) is 0 Å². The first kappa shape index (κ1) is 21.7. The summed E-state index contributed by atoms with van der Waals surface area (Å²) in [6.45, 7) is 8.31. The second-order valence-corrected chi connectivity index (χ2v) is 9.85. The van der Waals surface area contributed by atoms with Crippen LogP contribution in [0.15, 0.2) is 104 Å². The number of hydrogen-bond donors (Lipinski definition) is 0. The summed E-state index contributed by atoms with van der Waals surface area (Å²) in [5.41, 5.74) is 13.8. The zero-order valence-corrected chi connectivity index (χ0v) is 21.0. The molecule has 2 aromatic heterocycles. The predicted octanol–water partition coefficient (Wildman–Crippen LogP) is 8.84. The summed E-state index contributed by atoms with van der Waals surface area (Å²) in [5, 5.41) is 2.51. The van der Waals surface area contributed by atoms with Crippen LogP contribution in [-0.4, -0.2) is 9.13 Å². The summed E-state index contributed by atoms with van der Waals surface area (Å²) in [4.78, 5) is 0. The van der Waals surface area contributed by atoms with Crippen molar-refractivity contribution in [2.24, 2.45) is 7.05 Å². The lowest BCUT2D eigenvalue weighted by Crippen LogP contribution is -2.06. The molecule has 2 heterocycles. The Balaban J connectivity index is 1.56. The van der Waals surface area contributed by atoms with E-state index in [0.29, 0.717) is 0 Å². The Hall–Kier alpha value is -4.56. The van der Waals surface area contributed by atoms with Gasteiger partial charge in [0.25, 0.3) is 0 Å². The molecule has 37 heavy (non-hydrogen) atoms. The van der Waals surface area contributed by atoms with Gasteiger partial charge < -0.3 is 9.13 Å². The molecule has 4 aromatic carbocycles. The first-order valence-corrected chi connectivity index (χ1v) is 12.9. The molecule has 0 spiro atoms. The lowest BCUT2D eigenvalue weighted by molar-refractivity contribution is 0.812. The number of nitrogens with zero attached hydrogens (tertiary/aromatic N) is 2. The molecule has 1 aliphatic carbocycles. The molecule has 2 nitrogen and oxygen atoms in total. The molecule has 0 unspecified atom stereocenters. The minimum Gasteiger partial charge on any atom is -0.347 e. The van der Waals surface area contributed by atoms with Gasteiger partial charge in [0, 0.05) is 51.4 Å². The van der Waals surface area contributed by atoms with Gasteiger partial charge in [-0.2, -0.15) is 0 Å². The normalized spacial score (nSPS) is 12.5. The average molecular weight is 477 g/mol. The molecule has 0 saturated heterocycles. The Morgan fingerprint density at radius 2 is 1.51 bits per heavy atom. The van der Waals surface area contributed by atoms with Crippen molar-refractivity contribution >= 4 is 34.0 Å². The Labute approximate surface area is 217 Å². The van der Waals surface area contributed by atoms with Crippen molar-refractivity contribution in [3.8, 4) is 27.9 Å². The second-order valence-electron chi connectivity index (χ2n) is 9.85. The van der Waals surface area contributed by atoms with Gasteiger partial charge in [-0.05, 0) is 59.9 Å². The van der Waals surface area contributed by atoms with Crippen LogP contribution < -0.4 is 0 Å². The fourth-order valence-corrected chi connectivity index (χ4v) is 6.37. The third-order valence-electron chi connectivity index (χ3n) is 8.03. The SMILES string of the molecule is C=Cc1c(C=C)n(-c2ccccc2)c2c(-c3ccc4c(c3)c3c(n4C)CCc4ccccc4-3)cccc12. The topological polar surface area (TPSA) is 9.86 Å². The number of fused-ring (bicyclic) bond motifs is 6. The van der Waals surface area contributed by atoms with E-state index in [2.05, 4.69) is 120 Å². The zero-order valence-electron chi connectivity index (χ0n) is 21.0. The summed E-state index contributed by atoms with van der Waals surface area (Å²) < 4.78 is 4.72. The summed E-state index contributed by atoms with van der Waals surface area (Å²) in [6.07, 6.45) is 6.07. The van der Waals surface area contributed by atoms with Crippen molar-refractivity contribution in [2.45, 2.75) is 12.8 Å². The van der Waals surface area contributed by atoms with Crippen molar-refractivity contribution < 1.29 is 0 Å². The van der Waals surface area contributed by atoms with E-state index < -0.39 is 0 Å². The van der Waals surface area contributed by atoms with Gasteiger partial charge in [0.2, 0.25) is 0 Å². The van der Waals surface area contributed by atoms with Gasteiger partial charge in [0.05, 0.1) is 11.2 Å². The average Bonchev–Trinajstić information content (AvgIpc) is 3.44. The predicted molar refractivity (Wildman–Crippen MR) is 158 cm³/mol. The van der Waals surface area contributed by atoms with Crippen LogP contribution >= 0.6 is 0 Å². The second kappa shape index (κ2) is 8.25. The number of hydrogen-bond acceptors (Lipinski definition) is 0. The molecule has 0 bridgehead atoms. The maximum atomic E-state index is 4.17. The Bertz CT molecular complexity index is 1860. The lowest BCUT2D eigenvalue weighted by atomic mass is 9.87. The first-order chi connectivity index (χ1) is 18.2. The molecular formula is C35H28N2. The van der Waals surface area contributed by atoms with E-state index in [9.17, 15) is 0 Å². The van der Waals surface area contributed by atoms with E-state index in [0.717, 1.165) is 29.8 Å². The van der Waals surface area contributed by atoms with Gasteiger partial charge >= 0.3 is 0 Å². The van der Waals surface area contributed by atoms with Crippen LogP contribution in [0.1, 0.15) is 22.5 Å². The molecule has 0 N–H and O–H groups in total. The number of benzene rings is 4. The number of para-hydroxylation sites is 2. The maximum Gasteiger partial charge on any atom is 0.0619 e. The highest BCUT2D eigenvalue weighted by Crippen LogP contribution is 2.43. The molecule has 6 aromatic rings. The van der Waals surface area contributed by atoms with E-state index in [1.54, 1.807) is 0 Å². The standard InChI is InChI=1S/C35H28N2/c1-4-26-29-17-11-16-28(35(29)37(31(26)5-2)25-13-7-6-8-14-25)24-19-20-32-30(22-24)34-27-15-10-9-12-23(27)18-21-33(34)36(32)3/h4-17,19-20,22H,1-2,18,21H2,3H3. The molecule has 2 heteroatoms. The number of rotatable bonds is 4. The minimum atomic E-state index is 1.07. The Morgan fingerprint density at radius 1 is 0.730 bits per heavy atom. The van der Waals surface area contributed by atoms with Gasteiger partial charge in [0.15, 0.2) is 0 Å². The molecule has 0 amide bonds. The van der Waals surface area contributed by atoms with Crippen molar-refractivity contribution in [3.05, 3.63) is 127 Å². The van der Waals surface area contributed by atoms with E-state index in [1.807, 2.05) is 12.2 Å². The van der Waals surface area contributed by atoms with Crippen LogP contribution in [0.2, 0.25) is 0 Å². The molecule has 0 aliphatic heterocycles. The fraction of sp³-hybridized carbons (Fsp3) is 0.0857. The third-order valence-corrected chi connectivity index (χ3v) is 8.03. The zero-order chi connectivity index (χ0) is 25.1. The third kappa shape index (κ3) is 3.06. The highest BCUT2D eigenvalue weighted by molar-refractivity contribution is 6.06.